The summed E-state index contributed by atoms with van der Waals surface area (Å²) in [5.41, 5.74) is 5.75. The molecule has 0 amide bonds. The maximum absolute atomic E-state index is 10.7. The molecule has 0 unspecified atom stereocenters. The van der Waals surface area contributed by atoms with Gasteiger partial charge in [-0.2, -0.15) is 0 Å². The SMILES string of the molecule is F[P-](F)(F)(F)(F)F.N#[O+]. The van der Waals surface area contributed by atoms with E-state index in [2.05, 4.69) is 0 Å². The van der Waals surface area contributed by atoms with Gasteiger partial charge in [-0.15, -0.1) is 0 Å². The predicted molar refractivity (Wildman–Crippen MR) is 16.0 cm³/mol. The third-order valence-corrected chi connectivity index (χ3v) is 0. The van der Waals surface area contributed by atoms with E-state index in [4.69, 9.17) is 10.2 Å². The van der Waals surface area contributed by atoms with E-state index < -0.39 is 7.81 Å². The molecule has 2 nitrogen and oxygen atoms in total. The van der Waals surface area contributed by atoms with Crippen molar-refractivity contribution in [3.8, 4) is 0 Å². The van der Waals surface area contributed by atoms with Gasteiger partial charge in [-0.3, -0.25) is 0 Å². The second kappa shape index (κ2) is 1.59. The van der Waals surface area contributed by atoms with Gasteiger partial charge in [-0.05, 0) is 0 Å². The Hall–Kier alpha value is -0.320. The van der Waals surface area contributed by atoms with Gasteiger partial charge in [-0.1, -0.05) is 0 Å². The summed E-state index contributed by atoms with van der Waals surface area (Å²) in [6.45, 7) is 0. The van der Waals surface area contributed by atoms with Crippen molar-refractivity contribution < 1.29 is 30.0 Å². The Kier molecular flexibility index (Phi) is 2.03. The van der Waals surface area contributed by atoms with E-state index in [9.17, 15) is 25.2 Å². The van der Waals surface area contributed by atoms with Crippen LogP contribution in [0.25, 0.3) is 0 Å². The zero-order valence-corrected chi connectivity index (χ0v) is 4.46. The van der Waals surface area contributed by atoms with Crippen LogP contribution in [0.1, 0.15) is 0 Å². The van der Waals surface area contributed by atoms with E-state index in [0.29, 0.717) is 0 Å². The third kappa shape index (κ3) is 2420. The Morgan fingerprint density at radius 1 is 0.778 bits per heavy atom. The molecular formula is F6NOP. The number of hydrogen-bond acceptors (Lipinski definition) is 1. The summed E-state index contributed by atoms with van der Waals surface area (Å²) >= 11 is 0. The molecule has 0 spiro atoms. The van der Waals surface area contributed by atoms with Crippen molar-refractivity contribution in [1.29, 1.82) is 5.46 Å². The van der Waals surface area contributed by atoms with E-state index in [0.717, 1.165) is 0 Å². The molecule has 9 heavy (non-hydrogen) atoms. The fourth-order valence-corrected chi connectivity index (χ4v) is 0. The Labute approximate surface area is 44.6 Å². The van der Waals surface area contributed by atoms with Gasteiger partial charge in [0.2, 0.25) is 0 Å². The van der Waals surface area contributed by atoms with Gasteiger partial charge in [-0.25, -0.2) is 0 Å². The molecule has 0 bridgehead atoms. The van der Waals surface area contributed by atoms with Crippen LogP contribution in [0, 0.1) is 5.46 Å². The second-order valence-corrected chi connectivity index (χ2v) is 2.87. The van der Waals surface area contributed by atoms with Gasteiger partial charge in [0.25, 0.3) is 0 Å². The summed E-state index contributed by atoms with van der Waals surface area (Å²) < 4.78 is 66.4. The normalized spacial score (nSPS) is 18.2. The summed E-state index contributed by atoms with van der Waals surface area (Å²) in [5, 5.41) is 0. The Morgan fingerprint density at radius 2 is 0.778 bits per heavy atom. The zero-order chi connectivity index (χ0) is 8.41. The molecule has 0 radical (unpaired) electrons. The fraction of sp³-hybridized carbons (Fsp3) is 0. The molecule has 0 aliphatic carbocycles. The van der Waals surface area contributed by atoms with Crippen molar-refractivity contribution >= 4 is 7.81 Å². The quantitative estimate of drug-likeness (QED) is 0.316. The standard InChI is InChI=1S/F6P.NO/c1-7(2,3,4,5)6;1-2/q-1;+1. The van der Waals surface area contributed by atoms with Crippen LogP contribution in [0.2, 0.25) is 0 Å². The van der Waals surface area contributed by atoms with Crippen molar-refractivity contribution in [2.45, 2.75) is 0 Å². The molecule has 0 saturated carbocycles. The van der Waals surface area contributed by atoms with Crippen LogP contribution in [0.5, 0.6) is 0 Å². The molecule has 0 aliphatic rings. The van der Waals surface area contributed by atoms with Gasteiger partial charge < -0.3 is 0 Å². The number of rotatable bonds is 0. The number of nitrogens with zero attached hydrogens (tertiary/aromatic N) is 1. The summed E-state index contributed by atoms with van der Waals surface area (Å²) in [5.74, 6) is 0. The molecular weight excluding hydrogens is 175 g/mol. The van der Waals surface area contributed by atoms with Gasteiger partial charge in [0.05, 0.1) is 0 Å². The molecule has 0 saturated heterocycles. The maximum atomic E-state index is 9.87. The first kappa shape index (κ1) is 11.5. The second-order valence-electron chi connectivity index (χ2n) is 0.958. The molecule has 0 aromatic carbocycles. The Balaban J connectivity index is 0. The van der Waals surface area contributed by atoms with Crippen LogP contribution in [0.4, 0.5) is 25.2 Å². The average Bonchev–Trinajstić information content (AvgIpc) is 1.30. The van der Waals surface area contributed by atoms with Crippen molar-refractivity contribution in [2.75, 3.05) is 0 Å². The number of halogens is 6. The molecule has 0 aliphatic heterocycles. The molecule has 9 heteroatoms. The third-order valence-electron chi connectivity index (χ3n) is 0. The minimum absolute atomic E-state index is 5.75. The van der Waals surface area contributed by atoms with Crippen molar-refractivity contribution in [3.05, 3.63) is 0 Å². The average molecular weight is 175 g/mol. The molecule has 58 valence electrons. The van der Waals surface area contributed by atoms with E-state index in [1.165, 1.54) is 0 Å². The molecule has 0 N–H and O–H groups in total. The van der Waals surface area contributed by atoms with Crippen molar-refractivity contribution in [1.82, 2.24) is 0 Å². The van der Waals surface area contributed by atoms with Crippen LogP contribution in [0.15, 0.2) is 0 Å². The zero-order valence-electron chi connectivity index (χ0n) is 3.57. The van der Waals surface area contributed by atoms with E-state index in [1.807, 2.05) is 0 Å². The molecule has 0 aromatic rings. The molecule has 0 heterocycles. The molecule has 0 fully saturated rings. The van der Waals surface area contributed by atoms with Crippen LogP contribution < -0.4 is 0 Å². The first-order valence-corrected chi connectivity index (χ1v) is 3.23. The van der Waals surface area contributed by atoms with Gasteiger partial charge in [0.1, 0.15) is 0 Å². The Morgan fingerprint density at radius 3 is 0.778 bits per heavy atom. The van der Waals surface area contributed by atoms with Crippen LogP contribution in [-0.2, 0) is 4.77 Å². The topological polar surface area (TPSA) is 43.7 Å². The molecule has 0 aromatic heterocycles. The summed E-state index contributed by atoms with van der Waals surface area (Å²) in [4.78, 5) is 0. The van der Waals surface area contributed by atoms with Crippen LogP contribution in [0.3, 0.4) is 0 Å². The van der Waals surface area contributed by atoms with Crippen molar-refractivity contribution in [2.24, 2.45) is 0 Å². The van der Waals surface area contributed by atoms with Gasteiger partial charge in [0.15, 0.2) is 0 Å². The van der Waals surface area contributed by atoms with Crippen molar-refractivity contribution in [3.63, 3.8) is 0 Å². The first-order valence-electron chi connectivity index (χ1n) is 1.20. The summed E-state index contributed by atoms with van der Waals surface area (Å²) in [6, 6.07) is 0. The van der Waals surface area contributed by atoms with Gasteiger partial charge in [0, 0.05) is 0 Å². The van der Waals surface area contributed by atoms with E-state index in [-0.39, 0.29) is 0 Å². The van der Waals surface area contributed by atoms with Crippen LogP contribution in [-0.4, -0.2) is 0 Å². The fourth-order valence-electron chi connectivity index (χ4n) is 0. The number of hydrogen-bond donors (Lipinski definition) is 0. The van der Waals surface area contributed by atoms with E-state index >= 15 is 0 Å². The van der Waals surface area contributed by atoms with Gasteiger partial charge >= 0.3 is 43.2 Å². The first-order chi connectivity index (χ1) is 3.45. The molecule has 0 rings (SSSR count). The predicted octanol–water partition coefficient (Wildman–Crippen LogP) is 3.28. The van der Waals surface area contributed by atoms with E-state index in [1.54, 1.807) is 0 Å². The van der Waals surface area contributed by atoms with Crippen LogP contribution >= 0.6 is 7.81 Å². The summed E-state index contributed by atoms with van der Waals surface area (Å²) in [6.07, 6.45) is 0. The monoisotopic (exact) mass is 175 g/mol. The summed E-state index contributed by atoms with van der Waals surface area (Å²) in [7, 11) is -10.7. The molecule has 0 atom stereocenters. The Bertz CT molecular complexity index is 99.8. The minimum atomic E-state index is -10.7.